The molecule has 7 aromatic rings. The van der Waals surface area contributed by atoms with E-state index < -0.39 is 17.5 Å². The van der Waals surface area contributed by atoms with Crippen LogP contribution in [0.4, 0.5) is 0 Å². The zero-order valence-electron chi connectivity index (χ0n) is 40.3. The average molecular weight is 933 g/mol. The van der Waals surface area contributed by atoms with Gasteiger partial charge in [0.1, 0.15) is 34.1 Å². The highest BCUT2D eigenvalue weighted by molar-refractivity contribution is 6.35. The quantitative estimate of drug-likeness (QED) is 0.0827. The molecule has 0 unspecified atom stereocenters. The molecule has 8 rings (SSSR count). The fourth-order valence-electron chi connectivity index (χ4n) is 8.92. The Morgan fingerprint density at radius 1 is 0.851 bits per heavy atom. The van der Waals surface area contributed by atoms with Crippen molar-refractivity contribution in [1.29, 1.82) is 0 Å². The maximum absolute atomic E-state index is 14.6. The van der Waals surface area contributed by atoms with Crippen molar-refractivity contribution in [3.63, 3.8) is 0 Å². The summed E-state index contributed by atoms with van der Waals surface area (Å²) in [7, 11) is 3.23. The van der Waals surface area contributed by atoms with Crippen LogP contribution in [0, 0.1) is 20.8 Å². The van der Waals surface area contributed by atoms with E-state index in [0.29, 0.717) is 92.0 Å². The van der Waals surface area contributed by atoms with E-state index in [1.807, 2.05) is 96.6 Å². The number of nitrogens with zero attached hydrogens (tertiary/aromatic N) is 6. The van der Waals surface area contributed by atoms with E-state index in [1.54, 1.807) is 24.0 Å². The number of rotatable bonds is 14. The van der Waals surface area contributed by atoms with Gasteiger partial charge in [-0.15, -0.1) is 0 Å². The number of aromatic nitrogens is 5. The van der Waals surface area contributed by atoms with Crippen LogP contribution in [0.15, 0.2) is 66.7 Å². The van der Waals surface area contributed by atoms with E-state index >= 15 is 0 Å². The number of H-pyrrole nitrogens is 1. The van der Waals surface area contributed by atoms with Crippen molar-refractivity contribution in [3.8, 4) is 22.6 Å². The van der Waals surface area contributed by atoms with Gasteiger partial charge in [-0.2, -0.15) is 5.10 Å². The van der Waals surface area contributed by atoms with Gasteiger partial charge >= 0.3 is 11.9 Å². The van der Waals surface area contributed by atoms with Gasteiger partial charge in [-0.1, -0.05) is 67.9 Å². The molecule has 4 aromatic carbocycles. The van der Waals surface area contributed by atoms with Crippen molar-refractivity contribution < 1.29 is 33.3 Å². The molecule has 0 saturated carbocycles. The number of aromatic amines is 1. The van der Waals surface area contributed by atoms with Crippen molar-refractivity contribution in [2.24, 2.45) is 7.05 Å². The Hall–Kier alpha value is -6.38. The van der Waals surface area contributed by atoms with Gasteiger partial charge in [0.05, 0.1) is 41.0 Å². The molecular weight excluding hydrogens is 870 g/mol. The maximum atomic E-state index is 14.6. The van der Waals surface area contributed by atoms with E-state index in [4.69, 9.17) is 35.6 Å². The minimum Gasteiger partial charge on any atom is -0.493 e. The van der Waals surface area contributed by atoms with Crippen molar-refractivity contribution >= 4 is 62.2 Å². The van der Waals surface area contributed by atoms with Crippen LogP contribution in [-0.4, -0.2) is 111 Å². The molecule has 0 radical (unpaired) electrons. The number of halogens is 1. The van der Waals surface area contributed by atoms with Crippen LogP contribution < -0.4 is 9.47 Å². The lowest BCUT2D eigenvalue weighted by Crippen LogP contribution is -2.50. The number of ether oxygens (including phenoxy) is 4. The van der Waals surface area contributed by atoms with Crippen LogP contribution in [0.2, 0.25) is 5.02 Å². The first-order chi connectivity index (χ1) is 32.1. The standard InChI is InChI=1S/C50H56ClN7O7.C2H6/c1-30-43(31(2)55(7)54-30)44-39(51)19-18-37-36(16-12-26-63-41-17-11-14-33-13-9-10-15-35(33)41)47(49(61)65-50(4,5)6)58(46(37)44)25-22-56-20-23-57(24-21-56)42(59)29-64-34-27-38(48(60)62-8)45-40(28-34)52-32(3)53-45;1-2/h9-11,13-15,17-19,27-28H,12,16,20-26,29H2,1-8H3,(H,52,53);1-2H3. The minimum atomic E-state index is -0.745. The van der Waals surface area contributed by atoms with Gasteiger partial charge in [-0.05, 0) is 83.5 Å². The number of imidazole rings is 1. The van der Waals surface area contributed by atoms with Crippen molar-refractivity contribution in [3.05, 3.63) is 106 Å². The number of methoxy groups -OCH3 is 1. The molecule has 67 heavy (non-hydrogen) atoms. The fraction of sp³-hybridized carbons (Fsp3) is 0.404. The van der Waals surface area contributed by atoms with Gasteiger partial charge in [0, 0.05) is 80.0 Å². The summed E-state index contributed by atoms with van der Waals surface area (Å²) in [5, 5.41) is 8.40. The Labute approximate surface area is 397 Å². The molecule has 15 heteroatoms. The monoisotopic (exact) mass is 931 g/mol. The average Bonchev–Trinajstić information content (AvgIpc) is 3.93. The number of hydrogen-bond donors (Lipinski definition) is 1. The van der Waals surface area contributed by atoms with Gasteiger partial charge in [0.15, 0.2) is 6.61 Å². The molecule has 4 heterocycles. The van der Waals surface area contributed by atoms with Crippen molar-refractivity contribution in [2.75, 3.05) is 53.0 Å². The first kappa shape index (κ1) is 48.6. The number of carbonyl (C=O) groups is 3. The third-order valence-corrected chi connectivity index (χ3v) is 12.3. The SMILES string of the molecule is CC.COC(=O)c1cc(OCC(=O)N2CCN(CCn3c(C(=O)OC(C)(C)C)c(CCCOc4cccc5ccccc45)c4ccc(Cl)c(-c5c(C)nn(C)c5C)c43)CC2)cc2[nH]c(C)nc12. The van der Waals surface area contributed by atoms with Gasteiger partial charge in [-0.3, -0.25) is 14.4 Å². The van der Waals surface area contributed by atoms with Gasteiger partial charge in [0.25, 0.3) is 5.91 Å². The predicted molar refractivity (Wildman–Crippen MR) is 264 cm³/mol. The molecule has 1 aliphatic rings. The first-order valence-corrected chi connectivity index (χ1v) is 23.4. The number of nitrogens with one attached hydrogen (secondary N) is 1. The number of fused-ring (bicyclic) bond motifs is 3. The van der Waals surface area contributed by atoms with Crippen molar-refractivity contribution in [1.82, 2.24) is 34.1 Å². The summed E-state index contributed by atoms with van der Waals surface area (Å²) >= 11 is 7.20. The van der Waals surface area contributed by atoms with Gasteiger partial charge in [0.2, 0.25) is 0 Å². The molecule has 1 saturated heterocycles. The highest BCUT2D eigenvalue weighted by Crippen LogP contribution is 2.42. The lowest BCUT2D eigenvalue weighted by Gasteiger charge is -2.35. The Bertz CT molecular complexity index is 2930. The highest BCUT2D eigenvalue weighted by atomic mass is 35.5. The third-order valence-electron chi connectivity index (χ3n) is 12.0. The second-order valence-corrected chi connectivity index (χ2v) is 18.0. The molecule has 0 atom stereocenters. The minimum absolute atomic E-state index is 0.163. The fourth-order valence-corrected chi connectivity index (χ4v) is 9.16. The van der Waals surface area contributed by atoms with Crippen LogP contribution in [0.5, 0.6) is 11.5 Å². The summed E-state index contributed by atoms with van der Waals surface area (Å²) in [6, 6.07) is 21.4. The topological polar surface area (TPSA) is 146 Å². The van der Waals surface area contributed by atoms with E-state index in [2.05, 4.69) is 37.6 Å². The summed E-state index contributed by atoms with van der Waals surface area (Å²) in [6.45, 7) is 19.0. The summed E-state index contributed by atoms with van der Waals surface area (Å²) in [5.74, 6) is 0.715. The second kappa shape index (κ2) is 20.6. The molecular formula is C52H62ClN7O7. The number of piperazine rings is 1. The number of amides is 1. The van der Waals surface area contributed by atoms with Crippen molar-refractivity contribution in [2.45, 2.75) is 80.4 Å². The summed E-state index contributed by atoms with van der Waals surface area (Å²) < 4.78 is 27.4. The molecule has 1 amide bonds. The molecule has 1 fully saturated rings. The summed E-state index contributed by atoms with van der Waals surface area (Å²) in [4.78, 5) is 52.2. The molecule has 1 N–H and O–H groups in total. The Kier molecular flexibility index (Phi) is 15.0. The number of carbonyl (C=O) groups excluding carboxylic acids is 3. The molecule has 1 aliphatic heterocycles. The lowest BCUT2D eigenvalue weighted by atomic mass is 9.98. The first-order valence-electron chi connectivity index (χ1n) is 23.0. The Morgan fingerprint density at radius 3 is 2.28 bits per heavy atom. The molecule has 14 nitrogen and oxygen atoms in total. The van der Waals surface area contributed by atoms with Crippen LogP contribution in [-0.2, 0) is 34.3 Å². The van der Waals surface area contributed by atoms with Crippen LogP contribution in [0.3, 0.4) is 0 Å². The van der Waals surface area contributed by atoms with Crippen LogP contribution in [0.1, 0.15) is 84.7 Å². The Morgan fingerprint density at radius 2 is 1.58 bits per heavy atom. The smallest absolute Gasteiger partial charge is 0.355 e. The largest absolute Gasteiger partial charge is 0.493 e. The normalized spacial score (nSPS) is 13.2. The predicted octanol–water partition coefficient (Wildman–Crippen LogP) is 9.65. The Balaban J connectivity index is 0.00000329. The van der Waals surface area contributed by atoms with Crippen LogP contribution >= 0.6 is 11.6 Å². The zero-order chi connectivity index (χ0) is 48.2. The third kappa shape index (κ3) is 10.5. The second-order valence-electron chi connectivity index (χ2n) is 17.6. The highest BCUT2D eigenvalue weighted by Gasteiger charge is 2.31. The lowest BCUT2D eigenvalue weighted by molar-refractivity contribution is -0.135. The van der Waals surface area contributed by atoms with Gasteiger partial charge in [-0.25, -0.2) is 14.6 Å². The number of benzene rings is 4. The summed E-state index contributed by atoms with van der Waals surface area (Å²) in [5.41, 5.74) is 6.38. The van der Waals surface area contributed by atoms with E-state index in [-0.39, 0.29) is 18.1 Å². The van der Waals surface area contributed by atoms with E-state index in [9.17, 15) is 14.4 Å². The number of aryl methyl sites for hydroxylation is 4. The molecule has 0 bridgehead atoms. The molecule has 3 aromatic heterocycles. The molecule has 0 aliphatic carbocycles. The van der Waals surface area contributed by atoms with Gasteiger partial charge < -0.3 is 33.4 Å². The van der Waals surface area contributed by atoms with E-state index in [0.717, 1.165) is 55.5 Å². The number of esters is 2. The molecule has 0 spiro atoms. The zero-order valence-corrected chi connectivity index (χ0v) is 41.1. The summed E-state index contributed by atoms with van der Waals surface area (Å²) in [6.07, 6.45) is 1.20. The van der Waals surface area contributed by atoms with Crippen LogP contribution in [0.25, 0.3) is 43.8 Å². The number of hydrogen-bond acceptors (Lipinski definition) is 10. The maximum Gasteiger partial charge on any atom is 0.355 e. The van der Waals surface area contributed by atoms with E-state index in [1.165, 1.54) is 7.11 Å². The molecule has 354 valence electrons.